The van der Waals surface area contributed by atoms with Gasteiger partial charge in [0.2, 0.25) is 5.91 Å². The summed E-state index contributed by atoms with van der Waals surface area (Å²) < 4.78 is 23.9. The third kappa shape index (κ3) is 5.07. The summed E-state index contributed by atoms with van der Waals surface area (Å²) >= 11 is 0. The molecule has 0 bridgehead atoms. The number of sulfone groups is 1. The topological polar surface area (TPSA) is 113 Å². The quantitative estimate of drug-likeness (QED) is 0.708. The molecule has 0 aliphatic carbocycles. The van der Waals surface area contributed by atoms with Crippen molar-refractivity contribution in [2.75, 3.05) is 12.3 Å². The number of primary amides is 1. The zero-order chi connectivity index (χ0) is 21.7. The molecule has 2 aromatic carbocycles. The summed E-state index contributed by atoms with van der Waals surface area (Å²) in [6, 6.07) is 17.1. The van der Waals surface area contributed by atoms with E-state index in [1.165, 1.54) is 0 Å². The molecule has 1 fully saturated rings. The van der Waals surface area contributed by atoms with Crippen LogP contribution in [0.25, 0.3) is 11.1 Å². The standard InChI is InChI=1S/C23H27N3O3S/c1-2-30(28,29)21-10-7-18(8-11-21)17-5-3-16(4-6-17)13-20(14-24)19-9-12-22(23(25)27)26-15-19/h3-8,10-11,19-20,22,26H,2,9,12-13,15H2,1H3,(H2,25,27). The van der Waals surface area contributed by atoms with Gasteiger partial charge < -0.3 is 11.1 Å². The van der Waals surface area contributed by atoms with Crippen LogP contribution in [0.2, 0.25) is 0 Å². The summed E-state index contributed by atoms with van der Waals surface area (Å²) in [5.41, 5.74) is 8.37. The van der Waals surface area contributed by atoms with Crippen LogP contribution in [0.3, 0.4) is 0 Å². The molecule has 3 N–H and O–H groups in total. The molecule has 0 radical (unpaired) electrons. The zero-order valence-electron chi connectivity index (χ0n) is 17.0. The second-order valence-corrected chi connectivity index (χ2v) is 10.0. The second-order valence-electron chi connectivity index (χ2n) is 7.77. The van der Waals surface area contributed by atoms with Crippen LogP contribution >= 0.6 is 0 Å². The Morgan fingerprint density at radius 2 is 1.73 bits per heavy atom. The van der Waals surface area contributed by atoms with Gasteiger partial charge in [-0.1, -0.05) is 43.3 Å². The Labute approximate surface area is 178 Å². The summed E-state index contributed by atoms with van der Waals surface area (Å²) in [5.74, 6) is -0.187. The lowest BCUT2D eigenvalue weighted by Gasteiger charge is -2.30. The molecule has 6 nitrogen and oxygen atoms in total. The molecule has 1 aliphatic rings. The van der Waals surface area contributed by atoms with Crippen molar-refractivity contribution in [2.24, 2.45) is 17.6 Å². The summed E-state index contributed by atoms with van der Waals surface area (Å²) in [6.07, 6.45) is 2.13. The Morgan fingerprint density at radius 1 is 1.13 bits per heavy atom. The molecule has 3 atom stereocenters. The molecule has 1 aliphatic heterocycles. The van der Waals surface area contributed by atoms with E-state index >= 15 is 0 Å². The van der Waals surface area contributed by atoms with E-state index in [4.69, 9.17) is 5.73 Å². The van der Waals surface area contributed by atoms with Gasteiger partial charge in [-0.15, -0.1) is 0 Å². The molecule has 3 unspecified atom stereocenters. The first-order chi connectivity index (χ1) is 14.3. The summed E-state index contributed by atoms with van der Waals surface area (Å²) in [6.45, 7) is 2.26. The van der Waals surface area contributed by atoms with E-state index in [2.05, 4.69) is 11.4 Å². The number of carbonyl (C=O) groups excluding carboxylic acids is 1. The third-order valence-electron chi connectivity index (χ3n) is 5.87. The number of nitriles is 1. The lowest BCUT2D eigenvalue weighted by atomic mass is 9.81. The maximum Gasteiger partial charge on any atom is 0.234 e. The second kappa shape index (κ2) is 9.41. The van der Waals surface area contributed by atoms with Gasteiger partial charge in [0, 0.05) is 0 Å². The first-order valence-electron chi connectivity index (χ1n) is 10.2. The van der Waals surface area contributed by atoms with Crippen LogP contribution in [0.4, 0.5) is 0 Å². The molecule has 3 rings (SSSR count). The number of amides is 1. The van der Waals surface area contributed by atoms with Crippen molar-refractivity contribution in [2.45, 2.75) is 37.1 Å². The fourth-order valence-corrected chi connectivity index (χ4v) is 4.78. The largest absolute Gasteiger partial charge is 0.368 e. The van der Waals surface area contributed by atoms with Crippen LogP contribution in [-0.2, 0) is 21.1 Å². The van der Waals surface area contributed by atoms with Gasteiger partial charge in [0.15, 0.2) is 9.84 Å². The van der Waals surface area contributed by atoms with Crippen LogP contribution in [0, 0.1) is 23.2 Å². The Hall–Kier alpha value is -2.69. The molecule has 158 valence electrons. The molecular formula is C23H27N3O3S. The zero-order valence-corrected chi connectivity index (χ0v) is 17.9. The molecule has 30 heavy (non-hydrogen) atoms. The molecule has 7 heteroatoms. The van der Waals surface area contributed by atoms with Crippen molar-refractivity contribution in [1.82, 2.24) is 5.32 Å². The number of carbonyl (C=O) groups is 1. The first kappa shape index (κ1) is 22.0. The highest BCUT2D eigenvalue weighted by Crippen LogP contribution is 2.27. The minimum atomic E-state index is -3.20. The van der Waals surface area contributed by atoms with E-state index in [0.717, 1.165) is 23.1 Å². The first-order valence-corrected chi connectivity index (χ1v) is 11.8. The van der Waals surface area contributed by atoms with Crippen molar-refractivity contribution in [3.63, 3.8) is 0 Å². The predicted octanol–water partition coefficient (Wildman–Crippen LogP) is 2.68. The number of nitrogens with one attached hydrogen (secondary N) is 1. The van der Waals surface area contributed by atoms with E-state index in [9.17, 15) is 18.5 Å². The van der Waals surface area contributed by atoms with Crippen molar-refractivity contribution < 1.29 is 13.2 Å². The SMILES string of the molecule is CCS(=O)(=O)c1ccc(-c2ccc(CC(C#N)C3CCC(C(N)=O)NC3)cc2)cc1. The van der Waals surface area contributed by atoms with Gasteiger partial charge in [-0.3, -0.25) is 4.79 Å². The fraction of sp³-hybridized carbons (Fsp3) is 0.391. The van der Waals surface area contributed by atoms with Gasteiger partial charge in [0.1, 0.15) is 0 Å². The van der Waals surface area contributed by atoms with Crippen LogP contribution < -0.4 is 11.1 Å². The van der Waals surface area contributed by atoms with Crippen molar-refractivity contribution in [3.8, 4) is 17.2 Å². The lowest BCUT2D eigenvalue weighted by molar-refractivity contribution is -0.120. The Bertz CT molecular complexity index is 1020. The molecule has 0 spiro atoms. The number of hydrogen-bond acceptors (Lipinski definition) is 5. The average Bonchev–Trinajstić information content (AvgIpc) is 2.78. The van der Waals surface area contributed by atoms with E-state index in [1.807, 2.05) is 36.4 Å². The minimum absolute atomic E-state index is 0.0841. The Balaban J connectivity index is 1.65. The van der Waals surface area contributed by atoms with Crippen molar-refractivity contribution >= 4 is 15.7 Å². The summed E-state index contributed by atoms with van der Waals surface area (Å²) in [5, 5.41) is 12.8. The highest BCUT2D eigenvalue weighted by atomic mass is 32.2. The minimum Gasteiger partial charge on any atom is -0.368 e. The monoisotopic (exact) mass is 425 g/mol. The Morgan fingerprint density at radius 3 is 2.20 bits per heavy atom. The highest BCUT2D eigenvalue weighted by molar-refractivity contribution is 7.91. The molecule has 1 amide bonds. The van der Waals surface area contributed by atoms with E-state index < -0.39 is 9.84 Å². The Kier molecular flexibility index (Phi) is 6.91. The number of benzene rings is 2. The fourth-order valence-electron chi connectivity index (χ4n) is 3.89. The molecular weight excluding hydrogens is 398 g/mol. The number of piperidine rings is 1. The van der Waals surface area contributed by atoms with Gasteiger partial charge >= 0.3 is 0 Å². The van der Waals surface area contributed by atoms with Gasteiger partial charge in [0.05, 0.1) is 28.7 Å². The number of nitrogens with two attached hydrogens (primary N) is 1. The smallest absolute Gasteiger partial charge is 0.234 e. The van der Waals surface area contributed by atoms with Crippen molar-refractivity contribution in [3.05, 3.63) is 54.1 Å². The molecule has 1 saturated heterocycles. The van der Waals surface area contributed by atoms with E-state index in [1.54, 1.807) is 19.1 Å². The molecule has 1 heterocycles. The van der Waals surface area contributed by atoms with Crippen molar-refractivity contribution in [1.29, 1.82) is 5.26 Å². The van der Waals surface area contributed by atoms with Gasteiger partial charge in [0.25, 0.3) is 0 Å². The molecule has 0 saturated carbocycles. The molecule has 0 aromatic heterocycles. The number of rotatable bonds is 7. The normalized spacial score (nSPS) is 20.3. The lowest BCUT2D eigenvalue weighted by Crippen LogP contribution is -2.48. The van der Waals surface area contributed by atoms with Crippen LogP contribution in [0.1, 0.15) is 25.3 Å². The third-order valence-corrected chi connectivity index (χ3v) is 7.62. The van der Waals surface area contributed by atoms with Gasteiger partial charge in [-0.25, -0.2) is 8.42 Å². The van der Waals surface area contributed by atoms with Crippen LogP contribution in [-0.4, -0.2) is 32.7 Å². The average molecular weight is 426 g/mol. The van der Waals surface area contributed by atoms with Gasteiger partial charge in [-0.2, -0.15) is 5.26 Å². The van der Waals surface area contributed by atoms with E-state index in [0.29, 0.717) is 24.3 Å². The number of nitrogens with zero attached hydrogens (tertiary/aromatic N) is 1. The maximum absolute atomic E-state index is 12.0. The van der Waals surface area contributed by atoms with Crippen LogP contribution in [0.5, 0.6) is 0 Å². The summed E-state index contributed by atoms with van der Waals surface area (Å²) in [7, 11) is -3.20. The molecule has 2 aromatic rings. The number of hydrogen-bond donors (Lipinski definition) is 2. The van der Waals surface area contributed by atoms with Gasteiger partial charge in [-0.05, 0) is 60.5 Å². The van der Waals surface area contributed by atoms with E-state index in [-0.39, 0.29) is 29.5 Å². The van der Waals surface area contributed by atoms with Crippen LogP contribution in [0.15, 0.2) is 53.4 Å². The highest BCUT2D eigenvalue weighted by Gasteiger charge is 2.29. The maximum atomic E-state index is 12.0. The predicted molar refractivity (Wildman–Crippen MR) is 116 cm³/mol. The summed E-state index contributed by atoms with van der Waals surface area (Å²) in [4.78, 5) is 11.6.